The van der Waals surface area contributed by atoms with E-state index in [9.17, 15) is 4.79 Å². The monoisotopic (exact) mass is 230 g/mol. The summed E-state index contributed by atoms with van der Waals surface area (Å²) in [6.07, 6.45) is 0. The molecule has 0 unspecified atom stereocenters. The van der Waals surface area contributed by atoms with Gasteiger partial charge in [-0.15, -0.1) is 0 Å². The van der Waals surface area contributed by atoms with Gasteiger partial charge in [0.2, 0.25) is 0 Å². The number of hydrogen-bond acceptors (Lipinski definition) is 1. The number of hydrogen-bond donors (Lipinski definition) is 1. The number of carboxylic acid groups (broad SMARTS) is 1. The van der Waals surface area contributed by atoms with Crippen LogP contribution >= 0.6 is 23.2 Å². The van der Waals surface area contributed by atoms with Gasteiger partial charge in [0.25, 0.3) is 0 Å². The van der Waals surface area contributed by atoms with Crippen LogP contribution in [0.4, 0.5) is 0 Å². The van der Waals surface area contributed by atoms with Crippen molar-refractivity contribution in [1.82, 2.24) is 0 Å². The summed E-state index contributed by atoms with van der Waals surface area (Å²) >= 11 is 11.1. The molecular weight excluding hydrogens is 226 g/mol. The van der Waals surface area contributed by atoms with Crippen LogP contribution in [-0.4, -0.2) is 11.1 Å². The smallest absolute Gasteiger partial charge is 1.00 e. The molecule has 1 aromatic carbocycles. The van der Waals surface area contributed by atoms with Crippen LogP contribution in [0, 0.1) is 0 Å². The van der Waals surface area contributed by atoms with Crippen LogP contribution in [0.15, 0.2) is 18.2 Å². The Kier molecular flexibility index (Phi) is 6.02. The van der Waals surface area contributed by atoms with Crippen LogP contribution in [0.2, 0.25) is 10.0 Å². The molecule has 0 aromatic heterocycles. The summed E-state index contributed by atoms with van der Waals surface area (Å²) in [6.45, 7) is 0. The van der Waals surface area contributed by atoms with E-state index < -0.39 is 5.97 Å². The third-order valence-electron chi connectivity index (χ3n) is 1.11. The van der Waals surface area contributed by atoms with Crippen molar-refractivity contribution in [3.8, 4) is 0 Å². The second-order valence-corrected chi connectivity index (χ2v) is 2.84. The molecule has 2 nitrogen and oxygen atoms in total. The summed E-state index contributed by atoms with van der Waals surface area (Å²) in [7, 11) is 0. The van der Waals surface area contributed by atoms with Gasteiger partial charge in [-0.3, -0.25) is 0 Å². The second kappa shape index (κ2) is 5.60. The van der Waals surface area contributed by atoms with E-state index in [0.29, 0.717) is 10.0 Å². The molecule has 0 aliphatic rings. The first-order valence-electron chi connectivity index (χ1n) is 2.79. The Morgan fingerprint density at radius 1 is 1.25 bits per heavy atom. The van der Waals surface area contributed by atoms with E-state index in [1.54, 1.807) is 0 Å². The van der Waals surface area contributed by atoms with E-state index in [1.807, 2.05) is 0 Å². The van der Waals surface area contributed by atoms with E-state index in [1.165, 1.54) is 18.2 Å². The van der Waals surface area contributed by atoms with Gasteiger partial charge in [0.15, 0.2) is 0 Å². The maximum atomic E-state index is 10.4. The first kappa shape index (κ1) is 12.9. The van der Waals surface area contributed by atoms with Crippen molar-refractivity contribution in [2.75, 3.05) is 0 Å². The van der Waals surface area contributed by atoms with E-state index >= 15 is 0 Å². The number of aromatic carboxylic acids is 1. The van der Waals surface area contributed by atoms with Gasteiger partial charge in [-0.05, 0) is 18.2 Å². The molecule has 0 fully saturated rings. The van der Waals surface area contributed by atoms with Crippen molar-refractivity contribution in [3.05, 3.63) is 33.8 Å². The van der Waals surface area contributed by atoms with Crippen LogP contribution in [0.3, 0.4) is 0 Å². The Hall–Kier alpha value is 0.906. The van der Waals surface area contributed by atoms with Crippen molar-refractivity contribution in [1.29, 1.82) is 0 Å². The van der Waals surface area contributed by atoms with Gasteiger partial charge in [-0.2, -0.15) is 0 Å². The summed E-state index contributed by atoms with van der Waals surface area (Å²) in [5.41, 5.74) is 0.0995. The molecule has 0 saturated carbocycles. The van der Waals surface area contributed by atoms with Gasteiger partial charge in [-0.1, -0.05) is 23.2 Å². The predicted molar refractivity (Wildman–Crippen MR) is 44.5 cm³/mol. The largest absolute Gasteiger partial charge is 1.00 e. The minimum Gasteiger partial charge on any atom is -1.00 e. The van der Waals surface area contributed by atoms with Crippen molar-refractivity contribution in [3.63, 3.8) is 0 Å². The minimum atomic E-state index is -1.03. The maximum absolute atomic E-state index is 10.4. The van der Waals surface area contributed by atoms with Crippen LogP contribution in [0.1, 0.15) is 11.8 Å². The first-order valence-corrected chi connectivity index (χ1v) is 3.54. The van der Waals surface area contributed by atoms with E-state index in [2.05, 4.69) is 0 Å². The molecule has 0 saturated heterocycles. The average molecular weight is 231 g/mol. The zero-order chi connectivity index (χ0) is 8.43. The Bertz CT molecular complexity index is 286. The Morgan fingerprint density at radius 3 is 2.00 bits per heavy atom. The number of rotatable bonds is 1. The van der Waals surface area contributed by atoms with Crippen LogP contribution < -0.4 is 51.4 Å². The fraction of sp³-hybridized carbons (Fsp3) is 0. The van der Waals surface area contributed by atoms with Gasteiger partial charge in [0.05, 0.1) is 5.56 Å². The van der Waals surface area contributed by atoms with Crippen LogP contribution in [0.5, 0.6) is 0 Å². The predicted octanol–water partition coefficient (Wildman–Crippen LogP) is -0.192. The van der Waals surface area contributed by atoms with Gasteiger partial charge in [-0.25, -0.2) is 4.79 Å². The van der Waals surface area contributed by atoms with Gasteiger partial charge in [0.1, 0.15) is 0 Å². The zero-order valence-corrected chi connectivity index (χ0v) is 11.0. The maximum Gasteiger partial charge on any atom is 1.00 e. The van der Waals surface area contributed by atoms with Crippen LogP contribution in [0.25, 0.3) is 0 Å². The normalized spacial score (nSPS) is 8.83. The van der Waals surface area contributed by atoms with Crippen molar-refractivity contribution >= 4 is 29.2 Å². The van der Waals surface area contributed by atoms with Crippen molar-refractivity contribution < 1.29 is 62.7 Å². The quantitative estimate of drug-likeness (QED) is 0.680. The Balaban J connectivity index is 0. The number of carboxylic acids is 1. The third kappa shape index (κ3) is 3.74. The molecule has 1 rings (SSSR count). The topological polar surface area (TPSA) is 37.3 Å². The Labute approximate surface area is 124 Å². The molecule has 0 heterocycles. The molecule has 1 N–H and O–H groups in total. The number of halogens is 2. The molecule has 0 radical (unpaired) electrons. The summed E-state index contributed by atoms with van der Waals surface area (Å²) in [4.78, 5) is 10.4. The Morgan fingerprint density at radius 2 is 1.67 bits per heavy atom. The molecule has 0 amide bonds. The molecule has 0 atom stereocenters. The van der Waals surface area contributed by atoms with Crippen molar-refractivity contribution in [2.24, 2.45) is 0 Å². The van der Waals surface area contributed by atoms with E-state index in [-0.39, 0.29) is 58.4 Å². The average Bonchev–Trinajstić information content (AvgIpc) is 1.85. The summed E-state index contributed by atoms with van der Waals surface area (Å²) < 4.78 is 0. The standard InChI is InChI=1S/C7H4Cl2O2.K.H/c8-5-1-4(7(10)11)2-6(9)3-5;;/h1-3H,(H,10,11);;/q;+1;-1. The van der Waals surface area contributed by atoms with Gasteiger partial charge < -0.3 is 6.53 Å². The zero-order valence-electron chi connectivity index (χ0n) is 7.34. The van der Waals surface area contributed by atoms with Crippen molar-refractivity contribution in [2.45, 2.75) is 0 Å². The molecule has 0 aliphatic heterocycles. The molecule has 5 heteroatoms. The molecule has 12 heavy (non-hydrogen) atoms. The molecule has 60 valence electrons. The summed E-state index contributed by atoms with van der Waals surface area (Å²) in [6, 6.07) is 4.17. The minimum absolute atomic E-state index is 0. The SMILES string of the molecule is O=C(O)c1cc(Cl)cc(Cl)c1.[H-].[K+]. The fourth-order valence-electron chi connectivity index (χ4n) is 0.677. The molecule has 0 bridgehead atoms. The third-order valence-corrected chi connectivity index (χ3v) is 1.55. The fourth-order valence-corrected chi connectivity index (χ4v) is 1.20. The van der Waals surface area contributed by atoms with Gasteiger partial charge >= 0.3 is 57.4 Å². The first-order chi connectivity index (χ1) is 5.09. The van der Waals surface area contributed by atoms with E-state index in [0.717, 1.165) is 0 Å². The summed E-state index contributed by atoms with van der Waals surface area (Å²) in [5, 5.41) is 9.17. The van der Waals surface area contributed by atoms with Gasteiger partial charge in [0, 0.05) is 10.0 Å². The number of carbonyl (C=O) groups is 1. The van der Waals surface area contributed by atoms with E-state index in [4.69, 9.17) is 28.3 Å². The molecule has 1 aromatic rings. The molecule has 0 spiro atoms. The molecular formula is C7H5Cl2KO2. The molecule has 0 aliphatic carbocycles. The summed E-state index contributed by atoms with van der Waals surface area (Å²) in [5.74, 6) is -1.03. The number of benzene rings is 1. The second-order valence-electron chi connectivity index (χ2n) is 1.96. The van der Waals surface area contributed by atoms with Crippen LogP contribution in [-0.2, 0) is 0 Å².